The number of amides is 1. The van der Waals surface area contributed by atoms with Crippen LogP contribution in [0.5, 0.6) is 0 Å². The Kier molecular flexibility index (Phi) is 3.23. The molecule has 0 radical (unpaired) electrons. The second kappa shape index (κ2) is 4.41. The van der Waals surface area contributed by atoms with Crippen LogP contribution in [0.15, 0.2) is 24.3 Å². The molecule has 0 saturated carbocycles. The van der Waals surface area contributed by atoms with Crippen molar-refractivity contribution in [2.24, 2.45) is 5.73 Å². The minimum Gasteiger partial charge on any atom is -0.387 e. The van der Waals surface area contributed by atoms with Gasteiger partial charge in [-0.15, -0.1) is 0 Å². The summed E-state index contributed by atoms with van der Waals surface area (Å²) < 4.78 is 0. The van der Waals surface area contributed by atoms with E-state index in [1.54, 1.807) is 6.07 Å². The molecule has 4 nitrogen and oxygen atoms in total. The summed E-state index contributed by atoms with van der Waals surface area (Å²) in [4.78, 5) is 11.2. The smallest absolute Gasteiger partial charge is 0.231 e. The Hall–Kier alpha value is -1.84. The third-order valence-corrected chi connectivity index (χ3v) is 1.65. The third-order valence-electron chi connectivity index (χ3n) is 1.65. The van der Waals surface area contributed by atoms with E-state index in [-0.39, 0.29) is 18.2 Å². The molecule has 1 rings (SSSR count). The highest BCUT2D eigenvalue weighted by molar-refractivity contribution is 6.03. The van der Waals surface area contributed by atoms with Gasteiger partial charge in [0.2, 0.25) is 5.91 Å². The van der Waals surface area contributed by atoms with E-state index < -0.39 is 0 Å². The standard InChI is InChI=1S/C10H13N3O/c1-7-3-2-4-8(5-7)13-10(14)6-9(11)12/h2-5H,6H2,1H3,(H3,11,12)(H,13,14). The number of aryl methyl sites for hydroxylation is 1. The van der Waals surface area contributed by atoms with Crippen molar-refractivity contribution in [2.75, 3.05) is 5.32 Å². The molecule has 0 aliphatic heterocycles. The molecule has 1 amide bonds. The van der Waals surface area contributed by atoms with Crippen LogP contribution in [0, 0.1) is 12.3 Å². The number of nitrogens with two attached hydrogens (primary N) is 1. The monoisotopic (exact) mass is 191 g/mol. The van der Waals surface area contributed by atoms with Gasteiger partial charge in [0.1, 0.15) is 5.84 Å². The van der Waals surface area contributed by atoms with Crippen molar-refractivity contribution in [1.82, 2.24) is 0 Å². The summed E-state index contributed by atoms with van der Waals surface area (Å²) >= 11 is 0. The van der Waals surface area contributed by atoms with E-state index in [1.165, 1.54) is 0 Å². The van der Waals surface area contributed by atoms with E-state index in [4.69, 9.17) is 11.1 Å². The molecule has 0 unspecified atom stereocenters. The van der Waals surface area contributed by atoms with Gasteiger partial charge in [0.25, 0.3) is 0 Å². The van der Waals surface area contributed by atoms with Gasteiger partial charge in [-0.25, -0.2) is 0 Å². The van der Waals surface area contributed by atoms with E-state index >= 15 is 0 Å². The summed E-state index contributed by atoms with van der Waals surface area (Å²) in [6, 6.07) is 7.46. The fraction of sp³-hybridized carbons (Fsp3) is 0.200. The quantitative estimate of drug-likeness (QED) is 0.496. The first kappa shape index (κ1) is 10.2. The molecule has 0 heterocycles. The van der Waals surface area contributed by atoms with Gasteiger partial charge in [0.15, 0.2) is 0 Å². The average Bonchev–Trinajstić information content (AvgIpc) is 2.01. The van der Waals surface area contributed by atoms with E-state index in [0.29, 0.717) is 0 Å². The van der Waals surface area contributed by atoms with Crippen LogP contribution >= 0.6 is 0 Å². The van der Waals surface area contributed by atoms with Crippen molar-refractivity contribution < 1.29 is 4.79 Å². The molecule has 0 fully saturated rings. The summed E-state index contributed by atoms with van der Waals surface area (Å²) in [7, 11) is 0. The lowest BCUT2D eigenvalue weighted by atomic mass is 10.2. The molecule has 4 heteroatoms. The zero-order valence-electron chi connectivity index (χ0n) is 8.00. The molecular weight excluding hydrogens is 178 g/mol. The Bertz CT molecular complexity index is 360. The Morgan fingerprint density at radius 3 is 2.86 bits per heavy atom. The highest BCUT2D eigenvalue weighted by Crippen LogP contribution is 2.09. The van der Waals surface area contributed by atoms with Crippen molar-refractivity contribution in [2.45, 2.75) is 13.3 Å². The Balaban J connectivity index is 2.60. The zero-order valence-corrected chi connectivity index (χ0v) is 8.00. The van der Waals surface area contributed by atoms with Crippen LogP contribution in [0.1, 0.15) is 12.0 Å². The fourth-order valence-electron chi connectivity index (χ4n) is 1.10. The van der Waals surface area contributed by atoms with E-state index in [0.717, 1.165) is 11.3 Å². The SMILES string of the molecule is Cc1cccc(NC(=O)CC(=N)N)c1. The number of amidine groups is 1. The van der Waals surface area contributed by atoms with Crippen LogP contribution in [0.3, 0.4) is 0 Å². The largest absolute Gasteiger partial charge is 0.387 e. The summed E-state index contributed by atoms with van der Waals surface area (Å²) in [6.45, 7) is 1.95. The van der Waals surface area contributed by atoms with Gasteiger partial charge in [0, 0.05) is 5.69 Å². The number of benzene rings is 1. The first-order valence-corrected chi connectivity index (χ1v) is 4.27. The summed E-state index contributed by atoms with van der Waals surface area (Å²) in [5.41, 5.74) is 6.91. The maximum Gasteiger partial charge on any atom is 0.231 e. The van der Waals surface area contributed by atoms with Crippen LogP contribution in [0.2, 0.25) is 0 Å². The molecule has 0 bridgehead atoms. The molecule has 0 atom stereocenters. The van der Waals surface area contributed by atoms with Gasteiger partial charge in [-0.3, -0.25) is 10.2 Å². The number of carbonyl (C=O) groups excluding carboxylic acids is 1. The van der Waals surface area contributed by atoms with Crippen LogP contribution in [0.25, 0.3) is 0 Å². The molecule has 1 aromatic rings. The van der Waals surface area contributed by atoms with Crippen molar-refractivity contribution >= 4 is 17.4 Å². The highest BCUT2D eigenvalue weighted by Gasteiger charge is 2.03. The van der Waals surface area contributed by atoms with Crippen molar-refractivity contribution in [3.63, 3.8) is 0 Å². The fourth-order valence-corrected chi connectivity index (χ4v) is 1.10. The average molecular weight is 191 g/mol. The minimum absolute atomic E-state index is 0.0616. The molecule has 0 spiro atoms. The molecule has 0 aliphatic rings. The van der Waals surface area contributed by atoms with Gasteiger partial charge in [-0.1, -0.05) is 12.1 Å². The Labute approximate surface area is 82.6 Å². The molecule has 0 aliphatic carbocycles. The number of rotatable bonds is 3. The second-order valence-corrected chi connectivity index (χ2v) is 3.12. The molecule has 1 aromatic carbocycles. The normalized spacial score (nSPS) is 9.50. The van der Waals surface area contributed by atoms with Crippen LogP contribution < -0.4 is 11.1 Å². The molecular formula is C10H13N3O. The van der Waals surface area contributed by atoms with E-state index in [9.17, 15) is 4.79 Å². The Morgan fingerprint density at radius 2 is 2.29 bits per heavy atom. The number of hydrogen-bond donors (Lipinski definition) is 3. The molecule has 4 N–H and O–H groups in total. The highest BCUT2D eigenvalue weighted by atomic mass is 16.1. The van der Waals surface area contributed by atoms with Gasteiger partial charge >= 0.3 is 0 Å². The summed E-state index contributed by atoms with van der Waals surface area (Å²) in [6.07, 6.45) is -0.0616. The Morgan fingerprint density at radius 1 is 1.57 bits per heavy atom. The summed E-state index contributed by atoms with van der Waals surface area (Å²) in [5, 5.41) is 9.60. The minimum atomic E-state index is -0.261. The lowest BCUT2D eigenvalue weighted by Crippen LogP contribution is -2.20. The maximum absolute atomic E-state index is 11.2. The lowest BCUT2D eigenvalue weighted by molar-refractivity contribution is -0.115. The maximum atomic E-state index is 11.2. The zero-order chi connectivity index (χ0) is 10.6. The molecule has 14 heavy (non-hydrogen) atoms. The van der Waals surface area contributed by atoms with Crippen molar-refractivity contribution in [3.05, 3.63) is 29.8 Å². The number of anilines is 1. The van der Waals surface area contributed by atoms with E-state index in [2.05, 4.69) is 5.32 Å². The lowest BCUT2D eigenvalue weighted by Gasteiger charge is -2.04. The summed E-state index contributed by atoms with van der Waals surface area (Å²) in [5.74, 6) is -0.391. The molecule has 74 valence electrons. The molecule has 0 saturated heterocycles. The number of hydrogen-bond acceptors (Lipinski definition) is 2. The van der Waals surface area contributed by atoms with Crippen LogP contribution in [0.4, 0.5) is 5.69 Å². The van der Waals surface area contributed by atoms with Gasteiger partial charge < -0.3 is 11.1 Å². The second-order valence-electron chi connectivity index (χ2n) is 3.12. The molecule has 0 aromatic heterocycles. The first-order valence-electron chi connectivity index (χ1n) is 4.27. The van der Waals surface area contributed by atoms with Gasteiger partial charge in [0.05, 0.1) is 6.42 Å². The number of nitrogens with one attached hydrogen (secondary N) is 2. The van der Waals surface area contributed by atoms with E-state index in [1.807, 2.05) is 25.1 Å². The third kappa shape index (κ3) is 3.26. The topological polar surface area (TPSA) is 79.0 Å². The predicted octanol–water partition coefficient (Wildman–Crippen LogP) is 1.26. The first-order chi connectivity index (χ1) is 6.58. The van der Waals surface area contributed by atoms with Crippen molar-refractivity contribution in [1.29, 1.82) is 5.41 Å². The van der Waals surface area contributed by atoms with Crippen molar-refractivity contribution in [3.8, 4) is 0 Å². The number of carbonyl (C=O) groups is 1. The van der Waals surface area contributed by atoms with Gasteiger partial charge in [-0.05, 0) is 24.6 Å². The van der Waals surface area contributed by atoms with Crippen LogP contribution in [-0.2, 0) is 4.79 Å². The van der Waals surface area contributed by atoms with Crippen LogP contribution in [-0.4, -0.2) is 11.7 Å². The van der Waals surface area contributed by atoms with Gasteiger partial charge in [-0.2, -0.15) is 0 Å². The predicted molar refractivity (Wildman–Crippen MR) is 56.3 cm³/mol.